The van der Waals surface area contributed by atoms with Gasteiger partial charge in [0.2, 0.25) is 0 Å². The van der Waals surface area contributed by atoms with Gasteiger partial charge in [-0.05, 0) is 25.7 Å². The zero-order chi connectivity index (χ0) is 15.1. The van der Waals surface area contributed by atoms with E-state index in [2.05, 4.69) is 6.58 Å². The molecule has 0 saturated carbocycles. The third-order valence-electron chi connectivity index (χ3n) is 3.12. The molecule has 0 heterocycles. The number of rotatable bonds is 9. The van der Waals surface area contributed by atoms with Crippen LogP contribution < -0.4 is 0 Å². The van der Waals surface area contributed by atoms with E-state index in [0.717, 1.165) is 0 Å². The summed E-state index contributed by atoms with van der Waals surface area (Å²) in [7, 11) is 0. The van der Waals surface area contributed by atoms with Crippen LogP contribution in [0.25, 0.3) is 0 Å². The molecule has 0 saturated heterocycles. The van der Waals surface area contributed by atoms with Crippen molar-refractivity contribution in [3.63, 3.8) is 0 Å². The first-order valence-corrected chi connectivity index (χ1v) is 6.06. The maximum atomic E-state index is 12.0. The van der Waals surface area contributed by atoms with Gasteiger partial charge in [-0.15, -0.1) is 6.58 Å². The van der Waals surface area contributed by atoms with E-state index in [1.54, 1.807) is 6.92 Å². The van der Waals surface area contributed by atoms with E-state index in [-0.39, 0.29) is 25.9 Å². The first-order chi connectivity index (χ1) is 8.82. The lowest BCUT2D eigenvalue weighted by molar-refractivity contribution is -0.173. The Hall–Kier alpha value is -1.85. The van der Waals surface area contributed by atoms with Gasteiger partial charge in [0, 0.05) is 6.42 Å². The molecule has 0 amide bonds. The molecule has 108 valence electrons. The molecule has 0 spiro atoms. The Bertz CT molecular complexity index is 362. The lowest BCUT2D eigenvalue weighted by atomic mass is 9.71. The van der Waals surface area contributed by atoms with Crippen molar-refractivity contribution < 1.29 is 29.3 Å². The van der Waals surface area contributed by atoms with Gasteiger partial charge in [0.15, 0.2) is 5.41 Å². The minimum Gasteiger partial charge on any atom is -0.481 e. The molecule has 19 heavy (non-hydrogen) atoms. The Labute approximate surface area is 112 Å². The number of esters is 1. The maximum Gasteiger partial charge on any atom is 0.324 e. The topological polar surface area (TPSA) is 101 Å². The van der Waals surface area contributed by atoms with Gasteiger partial charge in [0.1, 0.15) is 0 Å². The lowest BCUT2D eigenvalue weighted by Gasteiger charge is -2.31. The molecule has 0 aromatic carbocycles. The number of allylic oxidation sites excluding steroid dienone is 1. The Morgan fingerprint density at radius 3 is 2.32 bits per heavy atom. The highest BCUT2D eigenvalue weighted by Gasteiger charge is 2.51. The van der Waals surface area contributed by atoms with Crippen molar-refractivity contribution in [2.75, 3.05) is 6.61 Å². The van der Waals surface area contributed by atoms with Crippen molar-refractivity contribution in [1.29, 1.82) is 0 Å². The Morgan fingerprint density at radius 2 is 1.95 bits per heavy atom. The van der Waals surface area contributed by atoms with Crippen molar-refractivity contribution in [2.45, 2.75) is 33.1 Å². The molecule has 6 nitrogen and oxygen atoms in total. The fourth-order valence-electron chi connectivity index (χ4n) is 1.95. The van der Waals surface area contributed by atoms with Gasteiger partial charge >= 0.3 is 17.9 Å². The van der Waals surface area contributed by atoms with Crippen LogP contribution in [0.15, 0.2) is 12.7 Å². The van der Waals surface area contributed by atoms with Gasteiger partial charge in [-0.3, -0.25) is 14.4 Å². The van der Waals surface area contributed by atoms with Crippen LogP contribution in [-0.2, 0) is 19.1 Å². The molecular weight excluding hydrogens is 252 g/mol. The second kappa shape index (κ2) is 7.56. The predicted molar refractivity (Wildman–Crippen MR) is 67.5 cm³/mol. The first kappa shape index (κ1) is 17.2. The SMILES string of the molecule is C=CCC(C(=O)O)(C(=O)OCC)C(C)CCC(=O)O. The molecule has 0 aromatic heterocycles. The molecule has 0 bridgehead atoms. The smallest absolute Gasteiger partial charge is 0.324 e. The second-order valence-electron chi connectivity index (χ2n) is 4.32. The third-order valence-corrected chi connectivity index (χ3v) is 3.12. The number of hydrogen-bond acceptors (Lipinski definition) is 4. The zero-order valence-electron chi connectivity index (χ0n) is 11.2. The van der Waals surface area contributed by atoms with Crippen molar-refractivity contribution in [3.05, 3.63) is 12.7 Å². The zero-order valence-corrected chi connectivity index (χ0v) is 11.2. The quantitative estimate of drug-likeness (QED) is 0.376. The van der Waals surface area contributed by atoms with E-state index >= 15 is 0 Å². The van der Waals surface area contributed by atoms with Crippen LogP contribution in [0.1, 0.15) is 33.1 Å². The molecular formula is C13H20O6. The maximum absolute atomic E-state index is 12.0. The summed E-state index contributed by atoms with van der Waals surface area (Å²) in [6, 6.07) is 0. The van der Waals surface area contributed by atoms with Crippen LogP contribution in [0, 0.1) is 11.3 Å². The van der Waals surface area contributed by atoms with Crippen molar-refractivity contribution in [1.82, 2.24) is 0 Å². The number of carbonyl (C=O) groups excluding carboxylic acids is 1. The number of hydrogen-bond donors (Lipinski definition) is 2. The van der Waals surface area contributed by atoms with E-state index < -0.39 is 29.2 Å². The molecule has 0 rings (SSSR count). The average molecular weight is 272 g/mol. The fraction of sp³-hybridized carbons (Fsp3) is 0.615. The van der Waals surface area contributed by atoms with Crippen LogP contribution in [0.2, 0.25) is 0 Å². The summed E-state index contributed by atoms with van der Waals surface area (Å²) >= 11 is 0. The Kier molecular flexibility index (Phi) is 6.82. The highest BCUT2D eigenvalue weighted by Crippen LogP contribution is 2.37. The lowest BCUT2D eigenvalue weighted by Crippen LogP contribution is -2.45. The summed E-state index contributed by atoms with van der Waals surface area (Å²) in [4.78, 5) is 34.1. The van der Waals surface area contributed by atoms with Crippen LogP contribution in [0.5, 0.6) is 0 Å². The van der Waals surface area contributed by atoms with Crippen molar-refractivity contribution in [3.8, 4) is 0 Å². The average Bonchev–Trinajstić information content (AvgIpc) is 2.32. The number of carboxylic acids is 2. The number of carbonyl (C=O) groups is 3. The van der Waals surface area contributed by atoms with Crippen LogP contribution >= 0.6 is 0 Å². The molecule has 0 aromatic rings. The van der Waals surface area contributed by atoms with Gasteiger partial charge in [0.25, 0.3) is 0 Å². The van der Waals surface area contributed by atoms with Gasteiger partial charge in [-0.1, -0.05) is 13.0 Å². The van der Waals surface area contributed by atoms with Gasteiger partial charge < -0.3 is 14.9 Å². The fourth-order valence-corrected chi connectivity index (χ4v) is 1.95. The summed E-state index contributed by atoms with van der Waals surface area (Å²) in [5, 5.41) is 18.0. The largest absolute Gasteiger partial charge is 0.481 e. The van der Waals surface area contributed by atoms with Gasteiger partial charge in [-0.2, -0.15) is 0 Å². The normalized spacial score (nSPS) is 15.1. The van der Waals surface area contributed by atoms with Crippen LogP contribution in [0.4, 0.5) is 0 Å². The standard InChI is InChI=1S/C13H20O6/c1-4-8-13(11(16)17,12(18)19-5-2)9(3)6-7-10(14)15/h4,9H,1,5-8H2,2-3H3,(H,14,15)(H,16,17). The summed E-state index contributed by atoms with van der Waals surface area (Å²) in [6.45, 7) is 6.65. The monoisotopic (exact) mass is 272 g/mol. The minimum atomic E-state index is -1.77. The summed E-state index contributed by atoms with van der Waals surface area (Å²) in [5.74, 6) is -3.87. The molecule has 0 aliphatic carbocycles. The molecule has 0 aliphatic rings. The van der Waals surface area contributed by atoms with E-state index in [0.29, 0.717) is 0 Å². The van der Waals surface area contributed by atoms with Gasteiger partial charge in [-0.25, -0.2) is 0 Å². The van der Waals surface area contributed by atoms with Crippen molar-refractivity contribution in [2.24, 2.45) is 11.3 Å². The third kappa shape index (κ3) is 4.08. The molecule has 0 fully saturated rings. The van der Waals surface area contributed by atoms with Crippen molar-refractivity contribution >= 4 is 17.9 Å². The summed E-state index contributed by atoms with van der Waals surface area (Å²) < 4.78 is 4.83. The summed E-state index contributed by atoms with van der Waals surface area (Å²) in [5.41, 5.74) is -1.77. The van der Waals surface area contributed by atoms with Gasteiger partial charge in [0.05, 0.1) is 6.61 Å². The summed E-state index contributed by atoms with van der Waals surface area (Å²) in [6.07, 6.45) is 1.12. The van der Waals surface area contributed by atoms with E-state index in [1.807, 2.05) is 0 Å². The predicted octanol–water partition coefficient (Wildman–Crippen LogP) is 1.70. The number of aliphatic carboxylic acids is 2. The molecule has 2 N–H and O–H groups in total. The van der Waals surface area contributed by atoms with Crippen LogP contribution in [-0.4, -0.2) is 34.7 Å². The highest BCUT2D eigenvalue weighted by atomic mass is 16.5. The Balaban J connectivity index is 5.31. The number of carboxylic acid groups (broad SMARTS) is 2. The molecule has 6 heteroatoms. The van der Waals surface area contributed by atoms with E-state index in [9.17, 15) is 19.5 Å². The first-order valence-electron chi connectivity index (χ1n) is 6.06. The van der Waals surface area contributed by atoms with E-state index in [1.165, 1.54) is 13.0 Å². The molecule has 2 atom stereocenters. The molecule has 0 radical (unpaired) electrons. The minimum absolute atomic E-state index is 0.0661. The number of ether oxygens (including phenoxy) is 1. The van der Waals surface area contributed by atoms with E-state index in [4.69, 9.17) is 9.84 Å². The molecule has 0 aliphatic heterocycles. The molecule has 2 unspecified atom stereocenters. The second-order valence-corrected chi connectivity index (χ2v) is 4.32. The highest BCUT2D eigenvalue weighted by molar-refractivity contribution is 5.99. The Morgan fingerprint density at radius 1 is 1.37 bits per heavy atom. The van der Waals surface area contributed by atoms with Crippen LogP contribution in [0.3, 0.4) is 0 Å².